The fraction of sp³-hybridized carbons (Fsp3) is 0.429. The number of fused-ring (bicyclic) bond motifs is 1. The summed E-state index contributed by atoms with van der Waals surface area (Å²) in [7, 11) is 1.63. The zero-order valence-corrected chi connectivity index (χ0v) is 16.7. The van der Waals surface area contributed by atoms with Crippen molar-refractivity contribution in [1.82, 2.24) is 19.9 Å². The Morgan fingerprint density at radius 3 is 2.86 bits per heavy atom. The lowest BCUT2D eigenvalue weighted by molar-refractivity contribution is 0.186. The Labute approximate surface area is 168 Å². The summed E-state index contributed by atoms with van der Waals surface area (Å²) in [4.78, 5) is 16.1. The first-order valence-corrected chi connectivity index (χ1v) is 9.85. The molecule has 3 aromatic rings. The third-order valence-electron chi connectivity index (χ3n) is 5.64. The molecule has 1 fully saturated rings. The SMILES string of the molecule is COc1cncnc1N1CCN(CCCc2c[nH]c3cc(F)c(F)cc23)C(C)C1. The number of benzene rings is 1. The number of rotatable bonds is 6. The quantitative estimate of drug-likeness (QED) is 0.686. The lowest BCUT2D eigenvalue weighted by Crippen LogP contribution is -2.52. The van der Waals surface area contributed by atoms with Crippen LogP contribution in [0.1, 0.15) is 18.9 Å². The number of anilines is 1. The summed E-state index contributed by atoms with van der Waals surface area (Å²) in [6, 6.07) is 2.88. The number of nitrogens with zero attached hydrogens (tertiary/aromatic N) is 4. The highest BCUT2D eigenvalue weighted by atomic mass is 19.2. The van der Waals surface area contributed by atoms with Crippen LogP contribution in [0.15, 0.2) is 30.9 Å². The second-order valence-electron chi connectivity index (χ2n) is 7.48. The molecule has 4 rings (SSSR count). The van der Waals surface area contributed by atoms with Gasteiger partial charge in [-0.1, -0.05) is 0 Å². The first-order valence-electron chi connectivity index (χ1n) is 9.85. The molecule has 1 saturated heterocycles. The number of ether oxygens (including phenoxy) is 1. The van der Waals surface area contributed by atoms with Gasteiger partial charge in [0.05, 0.1) is 13.3 Å². The average molecular weight is 401 g/mol. The zero-order chi connectivity index (χ0) is 20.4. The third-order valence-corrected chi connectivity index (χ3v) is 5.64. The van der Waals surface area contributed by atoms with E-state index >= 15 is 0 Å². The molecule has 6 nitrogen and oxygen atoms in total. The zero-order valence-electron chi connectivity index (χ0n) is 16.7. The Bertz CT molecular complexity index is 992. The largest absolute Gasteiger partial charge is 0.491 e. The van der Waals surface area contributed by atoms with Crippen LogP contribution in [0.3, 0.4) is 0 Å². The summed E-state index contributed by atoms with van der Waals surface area (Å²) >= 11 is 0. The molecule has 1 aromatic carbocycles. The summed E-state index contributed by atoms with van der Waals surface area (Å²) in [6.07, 6.45) is 6.86. The maximum atomic E-state index is 13.6. The van der Waals surface area contributed by atoms with Crippen molar-refractivity contribution < 1.29 is 13.5 Å². The molecule has 29 heavy (non-hydrogen) atoms. The van der Waals surface area contributed by atoms with E-state index in [1.807, 2.05) is 6.20 Å². The van der Waals surface area contributed by atoms with Crippen LogP contribution in [0.5, 0.6) is 5.75 Å². The molecular formula is C21H25F2N5O. The fourth-order valence-corrected chi connectivity index (χ4v) is 4.07. The van der Waals surface area contributed by atoms with E-state index < -0.39 is 11.6 Å². The summed E-state index contributed by atoms with van der Waals surface area (Å²) < 4.78 is 32.3. The van der Waals surface area contributed by atoms with Gasteiger partial charge in [0, 0.05) is 48.8 Å². The molecule has 2 aromatic heterocycles. The van der Waals surface area contributed by atoms with Crippen LogP contribution in [0.4, 0.5) is 14.6 Å². The molecule has 0 spiro atoms. The number of halogens is 2. The predicted molar refractivity (Wildman–Crippen MR) is 108 cm³/mol. The van der Waals surface area contributed by atoms with Crippen molar-refractivity contribution >= 4 is 16.7 Å². The molecular weight excluding hydrogens is 376 g/mol. The van der Waals surface area contributed by atoms with Gasteiger partial charge in [-0.05, 0) is 37.9 Å². The van der Waals surface area contributed by atoms with Gasteiger partial charge >= 0.3 is 0 Å². The normalized spacial score (nSPS) is 17.8. The van der Waals surface area contributed by atoms with E-state index in [1.54, 1.807) is 19.6 Å². The first-order chi connectivity index (χ1) is 14.1. The topological polar surface area (TPSA) is 57.3 Å². The van der Waals surface area contributed by atoms with Gasteiger partial charge in [-0.15, -0.1) is 0 Å². The van der Waals surface area contributed by atoms with Gasteiger partial charge < -0.3 is 14.6 Å². The van der Waals surface area contributed by atoms with Gasteiger partial charge in [0.2, 0.25) is 0 Å². The molecule has 0 bridgehead atoms. The molecule has 0 aliphatic carbocycles. The van der Waals surface area contributed by atoms with Crippen molar-refractivity contribution in [2.75, 3.05) is 38.2 Å². The molecule has 1 aliphatic rings. The average Bonchev–Trinajstić information content (AvgIpc) is 3.11. The smallest absolute Gasteiger partial charge is 0.179 e. The van der Waals surface area contributed by atoms with Crippen LogP contribution in [0.2, 0.25) is 0 Å². The predicted octanol–water partition coefficient (Wildman–Crippen LogP) is 3.39. The van der Waals surface area contributed by atoms with Crippen molar-refractivity contribution in [3.63, 3.8) is 0 Å². The number of nitrogens with one attached hydrogen (secondary N) is 1. The van der Waals surface area contributed by atoms with Gasteiger partial charge in [0.1, 0.15) is 6.33 Å². The van der Waals surface area contributed by atoms with Crippen LogP contribution in [0.25, 0.3) is 10.9 Å². The third kappa shape index (κ3) is 4.03. The van der Waals surface area contributed by atoms with Crippen molar-refractivity contribution in [2.24, 2.45) is 0 Å². The van der Waals surface area contributed by atoms with E-state index in [2.05, 4.69) is 31.7 Å². The monoisotopic (exact) mass is 401 g/mol. The minimum absolute atomic E-state index is 0.373. The van der Waals surface area contributed by atoms with Gasteiger partial charge in [-0.2, -0.15) is 0 Å². The van der Waals surface area contributed by atoms with Gasteiger partial charge in [0.15, 0.2) is 23.2 Å². The fourth-order valence-electron chi connectivity index (χ4n) is 4.07. The van der Waals surface area contributed by atoms with Crippen LogP contribution < -0.4 is 9.64 Å². The molecule has 0 saturated carbocycles. The van der Waals surface area contributed by atoms with E-state index in [0.29, 0.717) is 17.3 Å². The second-order valence-corrected chi connectivity index (χ2v) is 7.48. The minimum Gasteiger partial charge on any atom is -0.491 e. The maximum Gasteiger partial charge on any atom is 0.179 e. The molecule has 1 unspecified atom stereocenters. The molecule has 3 heterocycles. The van der Waals surface area contributed by atoms with E-state index in [0.717, 1.165) is 55.8 Å². The molecule has 1 N–H and O–H groups in total. The molecule has 1 atom stereocenters. The molecule has 1 aliphatic heterocycles. The Balaban J connectivity index is 1.34. The summed E-state index contributed by atoms with van der Waals surface area (Å²) in [5.74, 6) is -0.0978. The van der Waals surface area contributed by atoms with Crippen molar-refractivity contribution in [3.8, 4) is 5.75 Å². The minimum atomic E-state index is -0.821. The first kappa shape index (κ1) is 19.6. The maximum absolute atomic E-state index is 13.6. The van der Waals surface area contributed by atoms with E-state index in [1.165, 1.54) is 12.1 Å². The van der Waals surface area contributed by atoms with Gasteiger partial charge in [-0.3, -0.25) is 4.90 Å². The van der Waals surface area contributed by atoms with Crippen LogP contribution in [0, 0.1) is 11.6 Å². The lowest BCUT2D eigenvalue weighted by Gasteiger charge is -2.40. The Morgan fingerprint density at radius 1 is 1.24 bits per heavy atom. The lowest BCUT2D eigenvalue weighted by atomic mass is 10.1. The number of H-pyrrole nitrogens is 1. The summed E-state index contributed by atoms with van der Waals surface area (Å²) in [5.41, 5.74) is 1.66. The molecule has 8 heteroatoms. The van der Waals surface area contributed by atoms with Gasteiger partial charge in [-0.25, -0.2) is 18.7 Å². The van der Waals surface area contributed by atoms with Crippen LogP contribution >= 0.6 is 0 Å². The standard InChI is InChI=1S/C21H25F2N5O/c1-14-12-28(21-20(29-2)11-24-13-26-21)7-6-27(14)5-3-4-15-10-25-19-9-18(23)17(22)8-16(15)19/h8-11,13-14,25H,3-7,12H2,1-2H3. The Hall–Kier alpha value is -2.74. The highest BCUT2D eigenvalue weighted by Crippen LogP contribution is 2.27. The highest BCUT2D eigenvalue weighted by Gasteiger charge is 2.26. The molecule has 154 valence electrons. The van der Waals surface area contributed by atoms with Crippen LogP contribution in [-0.2, 0) is 6.42 Å². The van der Waals surface area contributed by atoms with Crippen molar-refractivity contribution in [3.05, 3.63) is 48.1 Å². The molecule has 0 amide bonds. The second kappa shape index (κ2) is 8.32. The van der Waals surface area contributed by atoms with E-state index in [4.69, 9.17) is 4.74 Å². The Kier molecular flexibility index (Phi) is 5.62. The number of aromatic amines is 1. The molecule has 0 radical (unpaired) electrons. The summed E-state index contributed by atoms with van der Waals surface area (Å²) in [6.45, 7) is 5.83. The number of piperazine rings is 1. The number of hydrogen-bond donors (Lipinski definition) is 1. The number of aromatic nitrogens is 3. The number of methoxy groups -OCH3 is 1. The Morgan fingerprint density at radius 2 is 2.07 bits per heavy atom. The van der Waals surface area contributed by atoms with Crippen molar-refractivity contribution in [2.45, 2.75) is 25.8 Å². The van der Waals surface area contributed by atoms with Crippen LogP contribution in [-0.4, -0.2) is 59.2 Å². The van der Waals surface area contributed by atoms with E-state index in [-0.39, 0.29) is 0 Å². The van der Waals surface area contributed by atoms with E-state index in [9.17, 15) is 8.78 Å². The van der Waals surface area contributed by atoms with Crippen molar-refractivity contribution in [1.29, 1.82) is 0 Å². The number of aryl methyl sites for hydroxylation is 1. The summed E-state index contributed by atoms with van der Waals surface area (Å²) in [5, 5.41) is 0.762. The number of hydrogen-bond acceptors (Lipinski definition) is 5. The highest BCUT2D eigenvalue weighted by molar-refractivity contribution is 5.83. The van der Waals surface area contributed by atoms with Gasteiger partial charge in [0.25, 0.3) is 0 Å².